The van der Waals surface area contributed by atoms with E-state index in [1.165, 1.54) is 13.1 Å². The molecule has 0 fully saturated rings. The van der Waals surface area contributed by atoms with Gasteiger partial charge in [-0.2, -0.15) is 13.2 Å². The van der Waals surface area contributed by atoms with Crippen LogP contribution >= 0.6 is 23.2 Å². The summed E-state index contributed by atoms with van der Waals surface area (Å²) >= 11 is 12.4. The number of rotatable bonds is 7. The average Bonchev–Trinajstić information content (AvgIpc) is 2.89. The number of ether oxygens (including phenoxy) is 2. The maximum atomic E-state index is 12.8. The van der Waals surface area contributed by atoms with Crippen molar-refractivity contribution in [3.63, 3.8) is 0 Å². The second-order valence-electron chi connectivity index (χ2n) is 8.81. The Morgan fingerprint density at radius 2 is 1.82 bits per heavy atom. The van der Waals surface area contributed by atoms with E-state index in [4.69, 9.17) is 32.7 Å². The highest BCUT2D eigenvalue weighted by molar-refractivity contribution is 6.32. The summed E-state index contributed by atoms with van der Waals surface area (Å²) in [4.78, 5) is 24.8. The Balaban J connectivity index is 1.36. The minimum absolute atomic E-state index is 0.0188. The van der Waals surface area contributed by atoms with Crippen molar-refractivity contribution in [1.29, 1.82) is 0 Å². The topological polar surface area (TPSA) is 88.1 Å². The van der Waals surface area contributed by atoms with Crippen LogP contribution in [0.5, 0.6) is 17.2 Å². The lowest BCUT2D eigenvalue weighted by molar-refractivity contribution is -0.161. The Morgan fingerprint density at radius 3 is 2.46 bits per heavy atom. The van der Waals surface area contributed by atoms with E-state index in [0.717, 1.165) is 12.1 Å². The van der Waals surface area contributed by atoms with Gasteiger partial charge in [0, 0.05) is 35.8 Å². The van der Waals surface area contributed by atoms with Crippen LogP contribution < -0.4 is 14.8 Å². The van der Waals surface area contributed by atoms with Gasteiger partial charge in [-0.3, -0.25) is 14.8 Å². The number of alkyl halides is 3. The van der Waals surface area contributed by atoms with Crippen LogP contribution in [0.2, 0.25) is 10.0 Å². The molecule has 3 aromatic rings. The second kappa shape index (κ2) is 11.7. The molecule has 7 nitrogen and oxygen atoms in total. The number of nitrogens with one attached hydrogen (secondary N) is 1. The van der Waals surface area contributed by atoms with Gasteiger partial charge in [0.1, 0.15) is 17.2 Å². The number of halogens is 5. The van der Waals surface area contributed by atoms with Crippen molar-refractivity contribution in [2.24, 2.45) is 0 Å². The van der Waals surface area contributed by atoms with Gasteiger partial charge in [0.15, 0.2) is 0 Å². The molecular weight excluding hydrogens is 560 g/mol. The van der Waals surface area contributed by atoms with Crippen molar-refractivity contribution in [3.05, 3.63) is 86.9 Å². The molecule has 0 aliphatic carbocycles. The summed E-state index contributed by atoms with van der Waals surface area (Å²) in [5, 5.41) is 13.0. The first-order valence-electron chi connectivity index (χ1n) is 11.8. The van der Waals surface area contributed by atoms with Gasteiger partial charge in [0.2, 0.25) is 0 Å². The molecule has 39 heavy (non-hydrogen) atoms. The summed E-state index contributed by atoms with van der Waals surface area (Å²) in [7, 11) is 1.26. The van der Waals surface area contributed by atoms with E-state index in [2.05, 4.69) is 5.32 Å². The molecule has 0 aromatic heterocycles. The lowest BCUT2D eigenvalue weighted by Crippen LogP contribution is -2.31. The summed E-state index contributed by atoms with van der Waals surface area (Å²) in [6.07, 6.45) is -3.83. The molecule has 0 radical (unpaired) electrons. The van der Waals surface area contributed by atoms with Crippen LogP contribution in [-0.4, -0.2) is 42.3 Å². The molecule has 2 amide bonds. The summed E-state index contributed by atoms with van der Waals surface area (Å²) in [6, 6.07) is 12.5. The highest BCUT2D eigenvalue weighted by Gasteiger charge is 2.32. The SMILES string of the molecule is CN(O)C(=O)C1CCOc2cc(Oc3ccc(C(=O)NCCc4ccc(C(F)(F)F)cc4Cl)cc3)c(Cl)cc21. The lowest BCUT2D eigenvalue weighted by Gasteiger charge is -2.27. The summed E-state index contributed by atoms with van der Waals surface area (Å²) in [5.41, 5.74) is 0.545. The predicted molar refractivity (Wildman–Crippen MR) is 138 cm³/mol. The van der Waals surface area contributed by atoms with Crippen LogP contribution in [0.1, 0.15) is 39.4 Å². The zero-order chi connectivity index (χ0) is 28.3. The van der Waals surface area contributed by atoms with E-state index >= 15 is 0 Å². The predicted octanol–water partition coefficient (Wildman–Crippen LogP) is 6.49. The minimum Gasteiger partial charge on any atom is -0.493 e. The normalized spacial score (nSPS) is 14.7. The Labute approximate surface area is 232 Å². The van der Waals surface area contributed by atoms with Crippen LogP contribution in [0.4, 0.5) is 13.2 Å². The smallest absolute Gasteiger partial charge is 0.416 e. The first-order chi connectivity index (χ1) is 18.4. The van der Waals surface area contributed by atoms with Crippen LogP contribution in [-0.2, 0) is 17.4 Å². The van der Waals surface area contributed by atoms with Crippen molar-refractivity contribution in [3.8, 4) is 17.2 Å². The number of likely N-dealkylation sites (N-methyl/N-ethyl adjacent to an activating group) is 1. The molecule has 0 spiro atoms. The third-order valence-electron chi connectivity index (χ3n) is 6.13. The molecule has 0 saturated carbocycles. The Hall–Kier alpha value is -3.47. The monoisotopic (exact) mass is 582 g/mol. The number of fused-ring (bicyclic) bond motifs is 1. The largest absolute Gasteiger partial charge is 0.493 e. The number of carbonyl (C=O) groups excluding carboxylic acids is 2. The standard InChI is InChI=1S/C27H23Cl2F3N2O5/c1-34(37)26(36)19-9-11-38-23-14-24(22(29)13-20(19)23)39-18-6-3-16(4-7-18)25(35)33-10-8-15-2-5-17(12-21(15)28)27(30,31)32/h2-7,12-14,19,37H,8-11H2,1H3,(H,33,35). The van der Waals surface area contributed by atoms with E-state index in [0.29, 0.717) is 39.7 Å². The fourth-order valence-corrected chi connectivity index (χ4v) is 4.58. The van der Waals surface area contributed by atoms with E-state index in [9.17, 15) is 28.0 Å². The lowest BCUT2D eigenvalue weighted by atomic mass is 9.92. The average molecular weight is 583 g/mol. The zero-order valence-electron chi connectivity index (χ0n) is 20.5. The van der Waals surface area contributed by atoms with Gasteiger partial charge >= 0.3 is 6.18 Å². The van der Waals surface area contributed by atoms with Crippen LogP contribution in [0, 0.1) is 0 Å². The fraction of sp³-hybridized carbons (Fsp3) is 0.259. The quantitative estimate of drug-likeness (QED) is 0.245. The zero-order valence-corrected chi connectivity index (χ0v) is 22.0. The van der Waals surface area contributed by atoms with Gasteiger partial charge in [-0.25, -0.2) is 5.06 Å². The maximum Gasteiger partial charge on any atom is 0.416 e. The summed E-state index contributed by atoms with van der Waals surface area (Å²) in [5.74, 6) is -0.349. The molecule has 0 saturated heterocycles. The molecule has 12 heteroatoms. The van der Waals surface area contributed by atoms with Gasteiger partial charge in [-0.1, -0.05) is 29.3 Å². The van der Waals surface area contributed by atoms with Crippen LogP contribution in [0.25, 0.3) is 0 Å². The number of carbonyl (C=O) groups is 2. The molecule has 3 aromatic carbocycles. The molecule has 0 bridgehead atoms. The van der Waals surface area contributed by atoms with Crippen LogP contribution in [0.15, 0.2) is 54.6 Å². The minimum atomic E-state index is -4.48. The third-order valence-corrected chi connectivity index (χ3v) is 6.77. The van der Waals surface area contributed by atoms with Crippen molar-refractivity contribution >= 4 is 35.0 Å². The van der Waals surface area contributed by atoms with Gasteiger partial charge < -0.3 is 14.8 Å². The number of nitrogens with zero attached hydrogens (tertiary/aromatic N) is 1. The van der Waals surface area contributed by atoms with Gasteiger partial charge in [0.25, 0.3) is 11.8 Å². The van der Waals surface area contributed by atoms with E-state index in [1.807, 2.05) is 0 Å². The van der Waals surface area contributed by atoms with Crippen molar-refractivity contribution < 1.29 is 37.4 Å². The van der Waals surface area contributed by atoms with Gasteiger partial charge in [0.05, 0.1) is 23.1 Å². The summed E-state index contributed by atoms with van der Waals surface area (Å²) < 4.78 is 49.9. The van der Waals surface area contributed by atoms with E-state index in [-0.39, 0.29) is 41.3 Å². The second-order valence-corrected chi connectivity index (χ2v) is 9.62. The number of benzene rings is 3. The van der Waals surface area contributed by atoms with Gasteiger partial charge in [-0.05, 0) is 60.9 Å². The Morgan fingerprint density at radius 1 is 1.10 bits per heavy atom. The van der Waals surface area contributed by atoms with Crippen LogP contribution in [0.3, 0.4) is 0 Å². The molecule has 1 atom stereocenters. The molecule has 1 aliphatic rings. The third kappa shape index (κ3) is 6.76. The first kappa shape index (κ1) is 28.5. The van der Waals surface area contributed by atoms with E-state index < -0.39 is 23.6 Å². The molecular formula is C27H23Cl2F3N2O5. The molecule has 1 heterocycles. The van der Waals surface area contributed by atoms with Crippen molar-refractivity contribution in [2.75, 3.05) is 20.2 Å². The Bertz CT molecular complexity index is 1380. The molecule has 2 N–H and O–H groups in total. The Kier molecular flexibility index (Phi) is 8.58. The molecule has 4 rings (SSSR count). The van der Waals surface area contributed by atoms with Crippen molar-refractivity contribution in [2.45, 2.75) is 24.9 Å². The number of amides is 2. The highest BCUT2D eigenvalue weighted by Crippen LogP contribution is 2.42. The molecule has 206 valence electrons. The van der Waals surface area contributed by atoms with Gasteiger partial charge in [-0.15, -0.1) is 0 Å². The maximum absolute atomic E-state index is 12.8. The number of hydrogen-bond donors (Lipinski definition) is 2. The molecule has 1 unspecified atom stereocenters. The number of hydroxylamine groups is 2. The highest BCUT2D eigenvalue weighted by atomic mass is 35.5. The van der Waals surface area contributed by atoms with Crippen molar-refractivity contribution in [1.82, 2.24) is 10.4 Å². The number of hydrogen-bond acceptors (Lipinski definition) is 5. The molecule has 1 aliphatic heterocycles. The first-order valence-corrected chi connectivity index (χ1v) is 12.5. The fourth-order valence-electron chi connectivity index (χ4n) is 4.09. The van der Waals surface area contributed by atoms with E-state index in [1.54, 1.807) is 36.4 Å². The summed E-state index contributed by atoms with van der Waals surface area (Å²) in [6.45, 7) is 0.454.